The summed E-state index contributed by atoms with van der Waals surface area (Å²) in [6, 6.07) is 7.16. The fraction of sp³-hybridized carbons (Fsp3) is 0.467. The summed E-state index contributed by atoms with van der Waals surface area (Å²) in [7, 11) is 0. The molecule has 0 bridgehead atoms. The van der Waals surface area contributed by atoms with Crippen molar-refractivity contribution in [2.24, 2.45) is 5.92 Å². The second-order valence-electron chi connectivity index (χ2n) is 5.12. The number of hydrogen-bond acceptors (Lipinski definition) is 2. The van der Waals surface area contributed by atoms with Gasteiger partial charge in [-0.25, -0.2) is 9.59 Å². The van der Waals surface area contributed by atoms with Crippen LogP contribution >= 0.6 is 0 Å². The first-order valence-electron chi connectivity index (χ1n) is 6.83. The number of aliphatic carboxylic acids is 1. The van der Waals surface area contributed by atoms with Crippen LogP contribution < -0.4 is 10.6 Å². The van der Waals surface area contributed by atoms with Crippen LogP contribution in [-0.4, -0.2) is 23.7 Å². The van der Waals surface area contributed by atoms with Crippen molar-refractivity contribution in [3.8, 4) is 0 Å². The van der Waals surface area contributed by atoms with Crippen LogP contribution in [0.3, 0.4) is 0 Å². The summed E-state index contributed by atoms with van der Waals surface area (Å²) in [5, 5.41) is 14.3. The molecule has 1 unspecified atom stereocenters. The summed E-state index contributed by atoms with van der Waals surface area (Å²) in [5.41, 5.74) is 0.553. The Balaban J connectivity index is 2.46. The molecule has 5 nitrogen and oxygen atoms in total. The first-order chi connectivity index (χ1) is 9.50. The highest BCUT2D eigenvalue weighted by molar-refractivity contribution is 5.83. The lowest BCUT2D eigenvalue weighted by molar-refractivity contribution is -0.139. The number of urea groups is 1. The molecular weight excluding hydrogens is 256 g/mol. The number of carbonyl (C=O) groups excluding carboxylic acids is 1. The van der Waals surface area contributed by atoms with Crippen molar-refractivity contribution < 1.29 is 14.7 Å². The maximum absolute atomic E-state index is 11.7. The van der Waals surface area contributed by atoms with Crippen LogP contribution in [0.5, 0.6) is 0 Å². The van der Waals surface area contributed by atoms with Crippen LogP contribution in [0.1, 0.15) is 38.3 Å². The molecule has 1 aromatic carbocycles. The topological polar surface area (TPSA) is 78.4 Å². The molecule has 0 aliphatic rings. The summed E-state index contributed by atoms with van der Waals surface area (Å²) in [5.74, 6) is -0.482. The Labute approximate surface area is 119 Å². The summed E-state index contributed by atoms with van der Waals surface area (Å²) in [6.07, 6.45) is 1.91. The lowest BCUT2D eigenvalue weighted by Gasteiger charge is -2.15. The van der Waals surface area contributed by atoms with Gasteiger partial charge in [0.05, 0.1) is 0 Å². The van der Waals surface area contributed by atoms with Crippen molar-refractivity contribution in [2.75, 3.05) is 6.54 Å². The molecule has 0 spiro atoms. The zero-order valence-electron chi connectivity index (χ0n) is 11.9. The highest BCUT2D eigenvalue weighted by atomic mass is 16.4. The maximum Gasteiger partial charge on any atom is 0.330 e. The molecule has 5 heteroatoms. The number of benzene rings is 1. The molecule has 110 valence electrons. The van der Waals surface area contributed by atoms with E-state index in [1.165, 1.54) is 0 Å². The fourth-order valence-electron chi connectivity index (χ4n) is 1.83. The van der Waals surface area contributed by atoms with E-state index in [0.29, 0.717) is 18.0 Å². The first-order valence-corrected chi connectivity index (χ1v) is 6.83. The van der Waals surface area contributed by atoms with Gasteiger partial charge in [0.2, 0.25) is 0 Å². The second-order valence-corrected chi connectivity index (χ2v) is 5.12. The van der Waals surface area contributed by atoms with Crippen molar-refractivity contribution in [3.05, 3.63) is 35.9 Å². The predicted octanol–water partition coefficient (Wildman–Crippen LogP) is 2.55. The van der Waals surface area contributed by atoms with Gasteiger partial charge >= 0.3 is 12.0 Å². The Morgan fingerprint density at radius 3 is 2.40 bits per heavy atom. The molecule has 3 N–H and O–H groups in total. The smallest absolute Gasteiger partial charge is 0.330 e. The van der Waals surface area contributed by atoms with Gasteiger partial charge in [-0.1, -0.05) is 44.2 Å². The van der Waals surface area contributed by atoms with Gasteiger partial charge in [-0.15, -0.1) is 0 Å². The van der Waals surface area contributed by atoms with E-state index < -0.39 is 18.0 Å². The average Bonchev–Trinajstić information content (AvgIpc) is 2.41. The number of hydrogen-bond donors (Lipinski definition) is 3. The van der Waals surface area contributed by atoms with E-state index >= 15 is 0 Å². The Morgan fingerprint density at radius 1 is 1.20 bits per heavy atom. The monoisotopic (exact) mass is 278 g/mol. The molecule has 1 rings (SSSR count). The van der Waals surface area contributed by atoms with Crippen LogP contribution in [-0.2, 0) is 4.79 Å². The maximum atomic E-state index is 11.7. The normalized spacial score (nSPS) is 11.9. The Hall–Kier alpha value is -2.04. The second kappa shape index (κ2) is 8.19. The SMILES string of the molecule is CC(C)CCCNC(=O)NC(C(=O)O)c1ccccc1. The van der Waals surface area contributed by atoms with Crippen molar-refractivity contribution in [3.63, 3.8) is 0 Å². The predicted molar refractivity (Wildman–Crippen MR) is 77.4 cm³/mol. The molecule has 0 saturated heterocycles. The third kappa shape index (κ3) is 5.73. The minimum Gasteiger partial charge on any atom is -0.479 e. The number of rotatable bonds is 7. The lowest BCUT2D eigenvalue weighted by atomic mass is 10.1. The first kappa shape index (κ1) is 16.0. The Morgan fingerprint density at radius 2 is 1.85 bits per heavy atom. The van der Waals surface area contributed by atoms with E-state index in [0.717, 1.165) is 12.8 Å². The van der Waals surface area contributed by atoms with Gasteiger partial charge in [0, 0.05) is 6.54 Å². The molecule has 0 aliphatic heterocycles. The minimum atomic E-state index is -1.08. The van der Waals surface area contributed by atoms with Crippen LogP contribution in [0.15, 0.2) is 30.3 Å². The Bertz CT molecular complexity index is 432. The number of carboxylic acids is 1. The van der Waals surface area contributed by atoms with Crippen molar-refractivity contribution in [1.29, 1.82) is 0 Å². The van der Waals surface area contributed by atoms with E-state index in [-0.39, 0.29) is 0 Å². The summed E-state index contributed by atoms with van der Waals surface area (Å²) in [6.45, 7) is 4.79. The van der Waals surface area contributed by atoms with Gasteiger partial charge in [-0.3, -0.25) is 0 Å². The highest BCUT2D eigenvalue weighted by Crippen LogP contribution is 2.12. The molecule has 0 saturated carbocycles. The van der Waals surface area contributed by atoms with E-state index in [4.69, 9.17) is 0 Å². The van der Waals surface area contributed by atoms with Crippen molar-refractivity contribution in [1.82, 2.24) is 10.6 Å². The molecule has 2 amide bonds. The summed E-state index contributed by atoms with van der Waals surface area (Å²) in [4.78, 5) is 22.9. The fourth-order valence-corrected chi connectivity index (χ4v) is 1.83. The molecule has 1 aromatic rings. The quantitative estimate of drug-likeness (QED) is 0.671. The highest BCUT2D eigenvalue weighted by Gasteiger charge is 2.21. The van der Waals surface area contributed by atoms with E-state index in [1.54, 1.807) is 30.3 Å². The van der Waals surface area contributed by atoms with Crippen LogP contribution in [0.25, 0.3) is 0 Å². The average molecular weight is 278 g/mol. The summed E-state index contributed by atoms with van der Waals surface area (Å²) >= 11 is 0. The zero-order valence-corrected chi connectivity index (χ0v) is 11.9. The molecule has 0 aliphatic carbocycles. The van der Waals surface area contributed by atoms with Crippen molar-refractivity contribution in [2.45, 2.75) is 32.7 Å². The van der Waals surface area contributed by atoms with Gasteiger partial charge < -0.3 is 15.7 Å². The molecule has 0 aromatic heterocycles. The lowest BCUT2D eigenvalue weighted by Crippen LogP contribution is -2.41. The third-order valence-electron chi connectivity index (χ3n) is 2.90. The molecule has 0 heterocycles. The van der Waals surface area contributed by atoms with Crippen LogP contribution in [0.4, 0.5) is 4.79 Å². The van der Waals surface area contributed by atoms with Gasteiger partial charge in [0.1, 0.15) is 0 Å². The van der Waals surface area contributed by atoms with E-state index in [1.807, 2.05) is 0 Å². The molecule has 0 fully saturated rings. The van der Waals surface area contributed by atoms with E-state index in [2.05, 4.69) is 24.5 Å². The van der Waals surface area contributed by atoms with Crippen LogP contribution in [0, 0.1) is 5.92 Å². The van der Waals surface area contributed by atoms with Gasteiger partial charge in [-0.2, -0.15) is 0 Å². The largest absolute Gasteiger partial charge is 0.479 e. The number of carboxylic acid groups (broad SMARTS) is 1. The number of nitrogens with one attached hydrogen (secondary N) is 2. The van der Waals surface area contributed by atoms with Crippen LogP contribution in [0.2, 0.25) is 0 Å². The standard InChI is InChI=1S/C15H22N2O3/c1-11(2)7-6-10-16-15(20)17-13(14(18)19)12-8-4-3-5-9-12/h3-5,8-9,11,13H,6-7,10H2,1-2H3,(H,18,19)(H2,16,17,20). The molecular formula is C15H22N2O3. The van der Waals surface area contributed by atoms with E-state index in [9.17, 15) is 14.7 Å². The molecule has 20 heavy (non-hydrogen) atoms. The zero-order chi connectivity index (χ0) is 15.0. The summed E-state index contributed by atoms with van der Waals surface area (Å²) < 4.78 is 0. The van der Waals surface area contributed by atoms with Gasteiger partial charge in [0.25, 0.3) is 0 Å². The third-order valence-corrected chi connectivity index (χ3v) is 2.90. The number of carbonyl (C=O) groups is 2. The minimum absolute atomic E-state index is 0.454. The number of amides is 2. The Kier molecular flexibility index (Phi) is 6.56. The van der Waals surface area contributed by atoms with Gasteiger partial charge in [-0.05, 0) is 24.3 Å². The molecule has 1 atom stereocenters. The van der Waals surface area contributed by atoms with Crippen molar-refractivity contribution >= 4 is 12.0 Å². The van der Waals surface area contributed by atoms with Gasteiger partial charge in [0.15, 0.2) is 6.04 Å². The molecule has 0 radical (unpaired) electrons.